The maximum Gasteiger partial charge on any atom is 0.241 e. The summed E-state index contributed by atoms with van der Waals surface area (Å²) >= 11 is 1.66. The minimum Gasteiger partial charge on any atom is -0.337 e. The summed E-state index contributed by atoms with van der Waals surface area (Å²) in [6.45, 7) is 4.34. The Morgan fingerprint density at radius 2 is 2.00 bits per heavy atom. The molecule has 7 nitrogen and oxygen atoms in total. The topological polar surface area (TPSA) is 84.3 Å². The first-order valence-corrected chi connectivity index (χ1v) is 15.6. The van der Waals surface area contributed by atoms with E-state index >= 15 is 0 Å². The van der Waals surface area contributed by atoms with Crippen LogP contribution in [0.5, 0.6) is 0 Å². The Labute approximate surface area is 234 Å². The first kappa shape index (κ1) is 27.3. The van der Waals surface area contributed by atoms with Gasteiger partial charge in [0.15, 0.2) is 0 Å². The van der Waals surface area contributed by atoms with Gasteiger partial charge in [-0.15, -0.1) is 11.3 Å². The van der Waals surface area contributed by atoms with Crippen molar-refractivity contribution in [2.45, 2.75) is 62.9 Å². The minimum absolute atomic E-state index is 0.00597. The summed E-state index contributed by atoms with van der Waals surface area (Å²) in [5, 5.41) is 2.03. The van der Waals surface area contributed by atoms with E-state index in [1.54, 1.807) is 46.7 Å². The van der Waals surface area contributed by atoms with Crippen LogP contribution >= 0.6 is 11.3 Å². The lowest BCUT2D eigenvalue weighted by molar-refractivity contribution is -0.119. The number of hydrogen-bond donors (Lipinski definition) is 1. The summed E-state index contributed by atoms with van der Waals surface area (Å²) in [6.07, 6.45) is 6.43. The molecule has 0 saturated heterocycles. The molecule has 0 unspecified atom stereocenters. The van der Waals surface area contributed by atoms with E-state index in [4.69, 9.17) is 0 Å². The van der Waals surface area contributed by atoms with Crippen molar-refractivity contribution in [1.82, 2.24) is 14.3 Å². The normalized spacial score (nSPS) is 16.0. The number of fused-ring (bicyclic) bond motifs is 1. The van der Waals surface area contributed by atoms with Gasteiger partial charge in [0, 0.05) is 42.5 Å². The van der Waals surface area contributed by atoms with Crippen LogP contribution in [0.15, 0.2) is 77.3 Å². The number of aryl methyl sites for hydroxylation is 3. The lowest BCUT2D eigenvalue weighted by atomic mass is 9.87. The van der Waals surface area contributed by atoms with Gasteiger partial charge in [0.05, 0.1) is 11.4 Å². The number of nitrogens with zero attached hydrogens (tertiary/aromatic N) is 3. The number of aromatic nitrogens is 2. The van der Waals surface area contributed by atoms with Gasteiger partial charge in [-0.25, -0.2) is 18.1 Å². The molecule has 204 valence electrons. The fraction of sp³-hybridized carbons (Fsp3) is 0.333. The third kappa shape index (κ3) is 6.16. The van der Waals surface area contributed by atoms with Crippen LogP contribution in [0.2, 0.25) is 0 Å². The molecule has 1 aliphatic carbocycles. The quantitative estimate of drug-likeness (QED) is 0.276. The highest BCUT2D eigenvalue weighted by atomic mass is 32.2. The van der Waals surface area contributed by atoms with Gasteiger partial charge in [0.2, 0.25) is 15.9 Å². The molecule has 2 aromatic carbocycles. The van der Waals surface area contributed by atoms with E-state index in [2.05, 4.69) is 22.7 Å². The van der Waals surface area contributed by atoms with Crippen molar-refractivity contribution in [1.29, 1.82) is 0 Å². The maximum absolute atomic E-state index is 13.8. The molecule has 0 radical (unpaired) electrons. The Morgan fingerprint density at radius 3 is 2.69 bits per heavy atom. The molecule has 1 aliphatic rings. The maximum atomic E-state index is 13.8. The number of thiophene rings is 1. The molecule has 0 bridgehead atoms. The zero-order valence-corrected chi connectivity index (χ0v) is 24.1. The SMILES string of the molecule is Cc1ccc(S(=O)(=O)N[C@@H]2CCCc3ccc(N(Cc4nccn4C)C(=O)C[C@@H](C)c4cccs4)cc32)cc1. The molecule has 4 aromatic rings. The number of carbonyl (C=O) groups is 1. The van der Waals surface area contributed by atoms with Crippen LogP contribution in [-0.2, 0) is 34.8 Å². The molecule has 0 fully saturated rings. The fourth-order valence-corrected chi connectivity index (χ4v) is 7.14. The monoisotopic (exact) mass is 562 g/mol. The Morgan fingerprint density at radius 1 is 1.21 bits per heavy atom. The van der Waals surface area contributed by atoms with E-state index in [9.17, 15) is 13.2 Å². The average molecular weight is 563 g/mol. The number of amides is 1. The second kappa shape index (κ2) is 11.5. The molecular formula is C30H34N4O3S2. The van der Waals surface area contributed by atoms with Crippen LogP contribution in [0.3, 0.4) is 0 Å². The van der Waals surface area contributed by atoms with Gasteiger partial charge in [0.1, 0.15) is 5.82 Å². The van der Waals surface area contributed by atoms with E-state index in [1.165, 1.54) is 4.88 Å². The summed E-state index contributed by atoms with van der Waals surface area (Å²) in [6, 6.07) is 16.6. The third-order valence-corrected chi connectivity index (χ3v) is 10.0. The van der Waals surface area contributed by atoms with Gasteiger partial charge in [-0.05, 0) is 78.9 Å². The molecule has 39 heavy (non-hydrogen) atoms. The van der Waals surface area contributed by atoms with Gasteiger partial charge in [0.25, 0.3) is 0 Å². The van der Waals surface area contributed by atoms with E-state index in [-0.39, 0.29) is 22.8 Å². The van der Waals surface area contributed by atoms with E-state index in [1.807, 2.05) is 54.4 Å². The average Bonchev–Trinajstić information content (AvgIpc) is 3.59. The fourth-order valence-electron chi connectivity index (χ4n) is 5.11. The Bertz CT molecular complexity index is 1540. The van der Waals surface area contributed by atoms with Gasteiger partial charge in [-0.2, -0.15) is 0 Å². The number of carbonyl (C=O) groups excluding carboxylic acids is 1. The Kier molecular flexibility index (Phi) is 8.02. The lowest BCUT2D eigenvalue weighted by Crippen LogP contribution is -2.34. The zero-order valence-electron chi connectivity index (χ0n) is 22.5. The molecule has 9 heteroatoms. The van der Waals surface area contributed by atoms with Crippen molar-refractivity contribution in [3.05, 3.63) is 99.8 Å². The van der Waals surface area contributed by atoms with E-state index in [0.717, 1.165) is 41.0 Å². The van der Waals surface area contributed by atoms with Crippen LogP contribution in [0, 0.1) is 6.92 Å². The van der Waals surface area contributed by atoms with Gasteiger partial charge in [-0.3, -0.25) is 4.79 Å². The van der Waals surface area contributed by atoms with E-state index < -0.39 is 10.0 Å². The van der Waals surface area contributed by atoms with Crippen molar-refractivity contribution in [2.24, 2.45) is 7.05 Å². The number of nitrogens with one attached hydrogen (secondary N) is 1. The smallest absolute Gasteiger partial charge is 0.241 e. The first-order valence-electron chi connectivity index (χ1n) is 13.2. The Balaban J connectivity index is 1.46. The van der Waals surface area contributed by atoms with Crippen LogP contribution in [0.4, 0.5) is 5.69 Å². The van der Waals surface area contributed by atoms with Crippen molar-refractivity contribution in [3.63, 3.8) is 0 Å². The largest absolute Gasteiger partial charge is 0.337 e. The molecule has 1 amide bonds. The molecule has 0 aliphatic heterocycles. The standard InChI is InChI=1S/C30H34N4O3S2/c1-21-9-13-25(14-10-21)39(36,37)32-27-7-4-6-23-11-12-24(19-26(23)27)34(20-29-31-15-16-33(29)3)30(35)18-22(2)28-8-5-17-38-28/h5,8-17,19,22,27,32H,4,6-7,18,20H2,1-3H3/t22-,27-/m1/s1. The number of rotatable bonds is 9. The highest BCUT2D eigenvalue weighted by molar-refractivity contribution is 7.89. The number of hydrogen-bond acceptors (Lipinski definition) is 5. The highest BCUT2D eigenvalue weighted by Crippen LogP contribution is 2.35. The van der Waals surface area contributed by atoms with Crippen LogP contribution in [0.25, 0.3) is 0 Å². The lowest BCUT2D eigenvalue weighted by Gasteiger charge is -2.30. The second-order valence-corrected chi connectivity index (χ2v) is 13.0. The zero-order chi connectivity index (χ0) is 27.6. The molecule has 0 spiro atoms. The summed E-state index contributed by atoms with van der Waals surface area (Å²) in [5.41, 5.74) is 3.80. The van der Waals surface area contributed by atoms with Crippen molar-refractivity contribution >= 4 is 33.0 Å². The number of sulfonamides is 1. The van der Waals surface area contributed by atoms with Crippen LogP contribution in [-0.4, -0.2) is 23.9 Å². The van der Waals surface area contributed by atoms with Gasteiger partial charge >= 0.3 is 0 Å². The minimum atomic E-state index is -3.70. The highest BCUT2D eigenvalue weighted by Gasteiger charge is 2.28. The van der Waals surface area contributed by atoms with Crippen molar-refractivity contribution < 1.29 is 13.2 Å². The van der Waals surface area contributed by atoms with Gasteiger partial charge in [-0.1, -0.05) is 36.8 Å². The van der Waals surface area contributed by atoms with Crippen LogP contribution < -0.4 is 9.62 Å². The first-order chi connectivity index (χ1) is 18.7. The summed E-state index contributed by atoms with van der Waals surface area (Å²) in [5.74, 6) is 0.876. The summed E-state index contributed by atoms with van der Waals surface area (Å²) < 4.78 is 31.3. The predicted molar refractivity (Wildman–Crippen MR) is 155 cm³/mol. The summed E-state index contributed by atoms with van der Waals surface area (Å²) in [4.78, 5) is 21.4. The van der Waals surface area contributed by atoms with Crippen molar-refractivity contribution in [3.8, 4) is 0 Å². The second-order valence-electron chi connectivity index (χ2n) is 10.3. The predicted octanol–water partition coefficient (Wildman–Crippen LogP) is 5.87. The molecular weight excluding hydrogens is 528 g/mol. The van der Waals surface area contributed by atoms with Gasteiger partial charge < -0.3 is 9.47 Å². The number of anilines is 1. The third-order valence-electron chi connectivity index (χ3n) is 7.42. The molecule has 2 aromatic heterocycles. The number of benzene rings is 2. The molecule has 5 rings (SSSR count). The van der Waals surface area contributed by atoms with E-state index in [0.29, 0.717) is 19.4 Å². The van der Waals surface area contributed by atoms with Crippen molar-refractivity contribution in [2.75, 3.05) is 4.90 Å². The molecule has 1 N–H and O–H groups in total. The Hall–Kier alpha value is -3.27. The molecule has 0 saturated carbocycles. The number of imidazole rings is 1. The van der Waals surface area contributed by atoms with Crippen LogP contribution in [0.1, 0.15) is 65.5 Å². The molecule has 2 heterocycles. The summed E-state index contributed by atoms with van der Waals surface area (Å²) in [7, 11) is -1.78. The molecule has 2 atom stereocenters.